The Morgan fingerprint density at radius 1 is 1.29 bits per heavy atom. The highest BCUT2D eigenvalue weighted by Crippen LogP contribution is 2.26. The van der Waals surface area contributed by atoms with Crippen molar-refractivity contribution in [3.05, 3.63) is 36.0 Å². The summed E-state index contributed by atoms with van der Waals surface area (Å²) in [6.07, 6.45) is 1.28. The standard InChI is InChI=1S/C17H21NO3/c1-12-8-9-13-6-4-7-14(15(13)18-12)21-11-5-10-17(2,3)16(19)20/h4,6-9H,5,10-11H2,1-3H3,(H,19,20). The maximum atomic E-state index is 11.0. The molecule has 1 aromatic heterocycles. The van der Waals surface area contributed by atoms with E-state index in [9.17, 15) is 4.79 Å². The number of hydrogen-bond acceptors (Lipinski definition) is 3. The van der Waals surface area contributed by atoms with Crippen molar-refractivity contribution in [1.82, 2.24) is 4.98 Å². The lowest BCUT2D eigenvalue weighted by molar-refractivity contribution is -0.147. The fraction of sp³-hybridized carbons (Fsp3) is 0.412. The molecule has 0 atom stereocenters. The van der Waals surface area contributed by atoms with E-state index < -0.39 is 11.4 Å². The number of nitrogens with zero attached hydrogens (tertiary/aromatic N) is 1. The molecule has 21 heavy (non-hydrogen) atoms. The Labute approximate surface area is 124 Å². The van der Waals surface area contributed by atoms with E-state index in [1.165, 1.54) is 0 Å². The molecule has 0 aliphatic heterocycles. The number of hydrogen-bond donors (Lipinski definition) is 1. The van der Waals surface area contributed by atoms with Crippen LogP contribution < -0.4 is 4.74 Å². The summed E-state index contributed by atoms with van der Waals surface area (Å²) in [5.74, 6) is -0.0192. The molecule has 112 valence electrons. The Balaban J connectivity index is 2.01. The van der Waals surface area contributed by atoms with E-state index in [2.05, 4.69) is 4.98 Å². The number of aryl methyl sites for hydroxylation is 1. The molecule has 0 bridgehead atoms. The van der Waals surface area contributed by atoms with Crippen LogP contribution in [0.3, 0.4) is 0 Å². The number of rotatable bonds is 6. The molecule has 4 heteroatoms. The number of benzene rings is 1. The van der Waals surface area contributed by atoms with Crippen LogP contribution in [0.15, 0.2) is 30.3 Å². The topological polar surface area (TPSA) is 59.4 Å². The van der Waals surface area contributed by atoms with Gasteiger partial charge in [-0.3, -0.25) is 4.79 Å². The summed E-state index contributed by atoms with van der Waals surface area (Å²) in [6, 6.07) is 9.84. The number of aromatic nitrogens is 1. The number of carboxylic acids is 1. The first-order valence-corrected chi connectivity index (χ1v) is 7.13. The SMILES string of the molecule is Cc1ccc2cccc(OCCCC(C)(C)C(=O)O)c2n1. The number of carboxylic acid groups (broad SMARTS) is 1. The third kappa shape index (κ3) is 3.72. The zero-order chi connectivity index (χ0) is 15.5. The van der Waals surface area contributed by atoms with Crippen LogP contribution in [0.5, 0.6) is 5.75 Å². The summed E-state index contributed by atoms with van der Waals surface area (Å²) >= 11 is 0. The van der Waals surface area contributed by atoms with Gasteiger partial charge in [-0.15, -0.1) is 0 Å². The van der Waals surface area contributed by atoms with Gasteiger partial charge in [0.25, 0.3) is 0 Å². The minimum Gasteiger partial charge on any atom is -0.491 e. The first kappa shape index (κ1) is 15.3. The minimum atomic E-state index is -0.773. The highest BCUT2D eigenvalue weighted by molar-refractivity contribution is 5.84. The third-order valence-corrected chi connectivity index (χ3v) is 3.61. The summed E-state index contributed by atoms with van der Waals surface area (Å²) in [7, 11) is 0. The summed E-state index contributed by atoms with van der Waals surface area (Å²) < 4.78 is 5.79. The average Bonchev–Trinajstić information content (AvgIpc) is 2.43. The number of para-hydroxylation sites is 1. The van der Waals surface area contributed by atoms with Crippen molar-refractivity contribution in [2.45, 2.75) is 33.6 Å². The van der Waals surface area contributed by atoms with Crippen molar-refractivity contribution in [3.63, 3.8) is 0 Å². The van der Waals surface area contributed by atoms with Crippen molar-refractivity contribution >= 4 is 16.9 Å². The van der Waals surface area contributed by atoms with Crippen LogP contribution in [0.2, 0.25) is 0 Å². The molecule has 0 amide bonds. The number of ether oxygens (including phenoxy) is 1. The molecule has 0 aliphatic carbocycles. The van der Waals surface area contributed by atoms with Crippen molar-refractivity contribution < 1.29 is 14.6 Å². The Kier molecular flexibility index (Phi) is 4.46. The van der Waals surface area contributed by atoms with E-state index in [0.717, 1.165) is 22.3 Å². The molecule has 1 heterocycles. The Morgan fingerprint density at radius 2 is 2.05 bits per heavy atom. The molecule has 0 spiro atoms. The predicted molar refractivity (Wildman–Crippen MR) is 82.6 cm³/mol. The molecule has 1 aromatic carbocycles. The van der Waals surface area contributed by atoms with Crippen LogP contribution >= 0.6 is 0 Å². The average molecular weight is 287 g/mol. The molecule has 0 radical (unpaired) electrons. The lowest BCUT2D eigenvalue weighted by atomic mass is 9.88. The molecule has 0 aliphatic rings. The second-order valence-corrected chi connectivity index (χ2v) is 5.92. The minimum absolute atomic E-state index is 0.492. The monoisotopic (exact) mass is 287 g/mol. The van der Waals surface area contributed by atoms with Crippen LogP contribution in [-0.4, -0.2) is 22.7 Å². The highest BCUT2D eigenvalue weighted by Gasteiger charge is 2.26. The van der Waals surface area contributed by atoms with Crippen molar-refractivity contribution in [3.8, 4) is 5.75 Å². The van der Waals surface area contributed by atoms with E-state index in [1.54, 1.807) is 13.8 Å². The zero-order valence-electron chi connectivity index (χ0n) is 12.7. The molecule has 0 unspecified atom stereocenters. The van der Waals surface area contributed by atoms with Crippen molar-refractivity contribution in [1.29, 1.82) is 0 Å². The van der Waals surface area contributed by atoms with E-state index in [1.807, 2.05) is 37.3 Å². The van der Waals surface area contributed by atoms with Gasteiger partial charge in [-0.1, -0.05) is 18.2 Å². The zero-order valence-corrected chi connectivity index (χ0v) is 12.7. The number of pyridine rings is 1. The van der Waals surface area contributed by atoms with Gasteiger partial charge in [-0.25, -0.2) is 4.98 Å². The summed E-state index contributed by atoms with van der Waals surface area (Å²) in [6.45, 7) is 5.91. The van der Waals surface area contributed by atoms with Gasteiger partial charge < -0.3 is 9.84 Å². The molecule has 1 N–H and O–H groups in total. The van der Waals surface area contributed by atoms with Gasteiger partial charge in [0.05, 0.1) is 12.0 Å². The van der Waals surface area contributed by atoms with Gasteiger partial charge in [0.15, 0.2) is 0 Å². The van der Waals surface area contributed by atoms with E-state index in [4.69, 9.17) is 9.84 Å². The van der Waals surface area contributed by atoms with Crippen molar-refractivity contribution in [2.24, 2.45) is 5.41 Å². The lowest BCUT2D eigenvalue weighted by Gasteiger charge is -2.18. The molecule has 2 aromatic rings. The van der Waals surface area contributed by atoms with Gasteiger partial charge in [-0.05, 0) is 45.7 Å². The predicted octanol–water partition coefficient (Wildman–Crippen LogP) is 3.81. The first-order valence-electron chi connectivity index (χ1n) is 7.13. The van der Waals surface area contributed by atoms with Crippen molar-refractivity contribution in [2.75, 3.05) is 6.61 Å². The summed E-state index contributed by atoms with van der Waals surface area (Å²) in [5.41, 5.74) is 1.09. The molecule has 0 saturated heterocycles. The van der Waals surface area contributed by atoms with Crippen LogP contribution in [-0.2, 0) is 4.79 Å². The smallest absolute Gasteiger partial charge is 0.309 e. The Hall–Kier alpha value is -2.10. The third-order valence-electron chi connectivity index (χ3n) is 3.61. The number of carbonyl (C=O) groups is 1. The number of aliphatic carboxylic acids is 1. The lowest BCUT2D eigenvalue weighted by Crippen LogP contribution is -2.24. The van der Waals surface area contributed by atoms with Gasteiger partial charge in [0, 0.05) is 11.1 Å². The molecule has 4 nitrogen and oxygen atoms in total. The van der Waals surface area contributed by atoms with E-state index in [-0.39, 0.29) is 0 Å². The largest absolute Gasteiger partial charge is 0.491 e. The van der Waals surface area contributed by atoms with Gasteiger partial charge in [-0.2, -0.15) is 0 Å². The Bertz CT molecular complexity index is 650. The maximum Gasteiger partial charge on any atom is 0.309 e. The number of fused-ring (bicyclic) bond motifs is 1. The summed E-state index contributed by atoms with van der Waals surface area (Å²) in [5, 5.41) is 10.1. The maximum absolute atomic E-state index is 11.0. The molecule has 0 fully saturated rings. The summed E-state index contributed by atoms with van der Waals surface area (Å²) in [4.78, 5) is 15.6. The van der Waals surface area contributed by atoms with Crippen LogP contribution in [0.25, 0.3) is 10.9 Å². The molecule has 0 saturated carbocycles. The fourth-order valence-corrected chi connectivity index (χ4v) is 2.14. The quantitative estimate of drug-likeness (QED) is 0.821. The second kappa shape index (κ2) is 6.12. The van der Waals surface area contributed by atoms with Gasteiger partial charge >= 0.3 is 5.97 Å². The Morgan fingerprint density at radius 3 is 2.76 bits per heavy atom. The van der Waals surface area contributed by atoms with E-state index >= 15 is 0 Å². The van der Waals surface area contributed by atoms with Crippen LogP contribution in [0, 0.1) is 12.3 Å². The normalized spacial score (nSPS) is 11.6. The molecular weight excluding hydrogens is 266 g/mol. The van der Waals surface area contributed by atoms with Crippen LogP contribution in [0.4, 0.5) is 0 Å². The fourth-order valence-electron chi connectivity index (χ4n) is 2.14. The second-order valence-electron chi connectivity index (χ2n) is 5.92. The highest BCUT2D eigenvalue weighted by atomic mass is 16.5. The molecule has 2 rings (SSSR count). The van der Waals surface area contributed by atoms with Crippen LogP contribution in [0.1, 0.15) is 32.4 Å². The molecular formula is C17H21NO3. The first-order chi connectivity index (χ1) is 9.90. The van der Waals surface area contributed by atoms with Gasteiger partial charge in [0.2, 0.25) is 0 Å². The van der Waals surface area contributed by atoms with Gasteiger partial charge in [0.1, 0.15) is 11.3 Å². The van der Waals surface area contributed by atoms with E-state index in [0.29, 0.717) is 19.4 Å².